The van der Waals surface area contributed by atoms with Gasteiger partial charge < -0.3 is 9.47 Å². The monoisotopic (exact) mass is 592 g/mol. The molecule has 44 heavy (non-hydrogen) atoms. The SMILES string of the molecule is Cc1c(C)c(C)c(C(=O)Oc2c(C)c(C)c(C)c3c(C)c(C)c(C)c(OC(=O)c4c(C)c(C)c(C)c(C)c4C)c23)c(C)c1C. The van der Waals surface area contributed by atoms with E-state index < -0.39 is 11.9 Å². The molecule has 0 spiro atoms. The Morgan fingerprint density at radius 3 is 0.795 bits per heavy atom. The first kappa shape index (κ1) is 33.0. The van der Waals surface area contributed by atoms with Crippen molar-refractivity contribution >= 4 is 22.7 Å². The lowest BCUT2D eigenvalue weighted by atomic mass is 9.87. The van der Waals surface area contributed by atoms with E-state index in [0.717, 1.165) is 83.3 Å². The second-order valence-corrected chi connectivity index (χ2v) is 12.9. The normalized spacial score (nSPS) is 11.4. The molecule has 4 heteroatoms. The van der Waals surface area contributed by atoms with Crippen LogP contribution < -0.4 is 9.47 Å². The average Bonchev–Trinajstić information content (AvgIpc) is 2.98. The van der Waals surface area contributed by atoms with E-state index in [0.29, 0.717) is 28.0 Å². The summed E-state index contributed by atoms with van der Waals surface area (Å²) in [7, 11) is 0. The summed E-state index contributed by atoms with van der Waals surface area (Å²) in [5.41, 5.74) is 17.6. The van der Waals surface area contributed by atoms with E-state index in [2.05, 4.69) is 69.2 Å². The molecule has 0 unspecified atom stereocenters. The topological polar surface area (TPSA) is 52.6 Å². The van der Waals surface area contributed by atoms with Crippen LogP contribution in [-0.4, -0.2) is 11.9 Å². The Morgan fingerprint density at radius 2 is 0.523 bits per heavy atom. The van der Waals surface area contributed by atoms with Gasteiger partial charge in [-0.05, 0) is 205 Å². The lowest BCUT2D eigenvalue weighted by Gasteiger charge is -2.24. The molecule has 0 amide bonds. The third kappa shape index (κ3) is 4.83. The predicted octanol–water partition coefficient (Wildman–Crippen LogP) is 10.2. The van der Waals surface area contributed by atoms with Gasteiger partial charge in [0.15, 0.2) is 0 Å². The zero-order valence-corrected chi connectivity index (χ0v) is 29.6. The minimum absolute atomic E-state index is 0.400. The van der Waals surface area contributed by atoms with Gasteiger partial charge >= 0.3 is 11.9 Å². The first-order valence-electron chi connectivity index (χ1n) is 15.5. The number of ether oxygens (including phenoxy) is 2. The molecule has 232 valence electrons. The molecule has 0 saturated carbocycles. The van der Waals surface area contributed by atoms with Crippen LogP contribution in [-0.2, 0) is 0 Å². The van der Waals surface area contributed by atoms with Crippen molar-refractivity contribution in [2.75, 3.05) is 0 Å². The van der Waals surface area contributed by atoms with E-state index in [1.807, 2.05) is 41.5 Å². The Kier molecular flexibility index (Phi) is 8.65. The highest BCUT2D eigenvalue weighted by atomic mass is 16.5. The maximum absolute atomic E-state index is 14.1. The number of aryl methyl sites for hydroxylation is 2. The largest absolute Gasteiger partial charge is 0.422 e. The second-order valence-electron chi connectivity index (χ2n) is 12.9. The van der Waals surface area contributed by atoms with Gasteiger partial charge in [-0.25, -0.2) is 9.59 Å². The average molecular weight is 593 g/mol. The molecule has 4 nitrogen and oxygen atoms in total. The Balaban J connectivity index is 2.05. The van der Waals surface area contributed by atoms with Crippen molar-refractivity contribution in [3.05, 3.63) is 100 Å². The lowest BCUT2D eigenvalue weighted by molar-refractivity contribution is 0.0733. The van der Waals surface area contributed by atoms with Gasteiger partial charge in [0.05, 0.1) is 16.5 Å². The molecule has 0 aliphatic rings. The summed E-state index contributed by atoms with van der Waals surface area (Å²) in [6, 6.07) is 0. The Labute approximate surface area is 263 Å². The summed E-state index contributed by atoms with van der Waals surface area (Å²) in [5.74, 6) is 0.0925. The molecule has 0 N–H and O–H groups in total. The van der Waals surface area contributed by atoms with Crippen molar-refractivity contribution in [3.8, 4) is 11.5 Å². The first-order chi connectivity index (χ1) is 20.4. The molecule has 0 fully saturated rings. The zero-order valence-electron chi connectivity index (χ0n) is 29.6. The summed E-state index contributed by atoms with van der Waals surface area (Å²) >= 11 is 0. The van der Waals surface area contributed by atoms with Crippen LogP contribution in [0.1, 0.15) is 110 Å². The number of carbonyl (C=O) groups is 2. The highest BCUT2D eigenvalue weighted by molar-refractivity contribution is 6.06. The molecule has 4 aromatic rings. The molecule has 0 radical (unpaired) electrons. The molecule has 0 atom stereocenters. The minimum atomic E-state index is -0.400. The van der Waals surface area contributed by atoms with Crippen LogP contribution in [0.3, 0.4) is 0 Å². The van der Waals surface area contributed by atoms with Gasteiger partial charge in [0.1, 0.15) is 11.5 Å². The molecule has 4 aromatic carbocycles. The standard InChI is InChI=1S/C40H48O4/c1-17-19(3)27(11)34(28(12)20(17)4)39(41)43-37-31(15)23(7)25(9)33-26(10)24(8)32(16)38(36(33)37)44-40(42)35-29(13)21(5)18(2)22(6)30(35)14/h1-16H3. The van der Waals surface area contributed by atoms with Crippen LogP contribution in [0.15, 0.2) is 0 Å². The van der Waals surface area contributed by atoms with Gasteiger partial charge in [-0.15, -0.1) is 0 Å². The van der Waals surface area contributed by atoms with Crippen LogP contribution in [0.2, 0.25) is 0 Å². The van der Waals surface area contributed by atoms with Crippen LogP contribution in [0, 0.1) is 111 Å². The number of carbonyl (C=O) groups excluding carboxylic acids is 2. The van der Waals surface area contributed by atoms with E-state index in [4.69, 9.17) is 9.47 Å². The smallest absolute Gasteiger partial charge is 0.344 e. The summed E-state index contributed by atoms with van der Waals surface area (Å²) in [4.78, 5) is 28.2. The number of fused-ring (bicyclic) bond motifs is 1. The third-order valence-electron chi connectivity index (χ3n) is 11.2. The van der Waals surface area contributed by atoms with Gasteiger partial charge in [0.2, 0.25) is 0 Å². The van der Waals surface area contributed by atoms with Crippen molar-refractivity contribution in [2.24, 2.45) is 0 Å². The molecular formula is C40H48O4. The van der Waals surface area contributed by atoms with Gasteiger partial charge in [-0.3, -0.25) is 0 Å². The highest BCUT2D eigenvalue weighted by Crippen LogP contribution is 2.46. The molecule has 0 aliphatic heterocycles. The van der Waals surface area contributed by atoms with Gasteiger partial charge in [-0.2, -0.15) is 0 Å². The Morgan fingerprint density at radius 1 is 0.295 bits per heavy atom. The Bertz CT molecular complexity index is 1740. The number of rotatable bonds is 4. The van der Waals surface area contributed by atoms with Crippen molar-refractivity contribution in [3.63, 3.8) is 0 Å². The van der Waals surface area contributed by atoms with Crippen LogP contribution in [0.4, 0.5) is 0 Å². The van der Waals surface area contributed by atoms with E-state index in [1.54, 1.807) is 0 Å². The number of esters is 2. The second kappa shape index (κ2) is 11.5. The molecule has 0 heterocycles. The molecule has 0 bridgehead atoms. The van der Waals surface area contributed by atoms with E-state index in [1.165, 1.54) is 11.1 Å². The van der Waals surface area contributed by atoms with Crippen molar-refractivity contribution in [2.45, 2.75) is 111 Å². The van der Waals surface area contributed by atoms with Crippen molar-refractivity contribution in [1.82, 2.24) is 0 Å². The van der Waals surface area contributed by atoms with E-state index in [-0.39, 0.29) is 0 Å². The van der Waals surface area contributed by atoms with Crippen LogP contribution in [0.25, 0.3) is 10.8 Å². The molecular weight excluding hydrogens is 544 g/mol. The van der Waals surface area contributed by atoms with E-state index >= 15 is 0 Å². The minimum Gasteiger partial charge on any atom is -0.422 e. The summed E-state index contributed by atoms with van der Waals surface area (Å²) in [6.07, 6.45) is 0. The lowest BCUT2D eigenvalue weighted by Crippen LogP contribution is -2.18. The fourth-order valence-corrected chi connectivity index (χ4v) is 6.79. The summed E-state index contributed by atoms with van der Waals surface area (Å²) in [6.45, 7) is 32.6. The van der Waals surface area contributed by atoms with Gasteiger partial charge in [0, 0.05) is 0 Å². The number of benzene rings is 4. The molecule has 0 aliphatic carbocycles. The maximum Gasteiger partial charge on any atom is 0.344 e. The van der Waals surface area contributed by atoms with Crippen LogP contribution >= 0.6 is 0 Å². The quantitative estimate of drug-likeness (QED) is 0.175. The zero-order chi connectivity index (χ0) is 33.3. The van der Waals surface area contributed by atoms with Crippen LogP contribution in [0.5, 0.6) is 11.5 Å². The van der Waals surface area contributed by atoms with Gasteiger partial charge in [0.25, 0.3) is 0 Å². The first-order valence-corrected chi connectivity index (χ1v) is 15.5. The summed E-state index contributed by atoms with van der Waals surface area (Å²) < 4.78 is 12.9. The van der Waals surface area contributed by atoms with Crippen molar-refractivity contribution < 1.29 is 19.1 Å². The van der Waals surface area contributed by atoms with Crippen molar-refractivity contribution in [1.29, 1.82) is 0 Å². The third-order valence-corrected chi connectivity index (χ3v) is 11.2. The molecule has 0 aromatic heterocycles. The molecule has 4 rings (SSSR count). The number of hydrogen-bond donors (Lipinski definition) is 0. The summed E-state index contributed by atoms with van der Waals surface area (Å²) in [5, 5.41) is 1.62. The van der Waals surface area contributed by atoms with E-state index in [9.17, 15) is 9.59 Å². The number of hydrogen-bond acceptors (Lipinski definition) is 4. The van der Waals surface area contributed by atoms with Gasteiger partial charge in [-0.1, -0.05) is 0 Å². The molecule has 0 saturated heterocycles. The fraction of sp³-hybridized carbons (Fsp3) is 0.400. The maximum atomic E-state index is 14.1. The fourth-order valence-electron chi connectivity index (χ4n) is 6.79. The highest BCUT2D eigenvalue weighted by Gasteiger charge is 2.29. The Hall–Kier alpha value is -3.92. The predicted molar refractivity (Wildman–Crippen MR) is 183 cm³/mol.